The van der Waals surface area contributed by atoms with Crippen molar-refractivity contribution in [3.8, 4) is 5.75 Å². The lowest BCUT2D eigenvalue weighted by Crippen LogP contribution is -2.51. The van der Waals surface area contributed by atoms with Crippen LogP contribution in [0.5, 0.6) is 5.75 Å². The van der Waals surface area contributed by atoms with Crippen molar-refractivity contribution in [2.75, 3.05) is 19.6 Å². The SMILES string of the molecule is OC(CN1CCC2(CC1)CC(O)c1ccccc1O2)c1ccccc1. The van der Waals surface area contributed by atoms with Crippen LogP contribution in [-0.2, 0) is 0 Å². The summed E-state index contributed by atoms with van der Waals surface area (Å²) in [4.78, 5) is 2.29. The zero-order chi connectivity index (χ0) is 17.3. The molecule has 25 heavy (non-hydrogen) atoms. The van der Waals surface area contributed by atoms with Crippen molar-refractivity contribution in [3.05, 3.63) is 65.7 Å². The van der Waals surface area contributed by atoms with Gasteiger partial charge in [0.1, 0.15) is 11.4 Å². The summed E-state index contributed by atoms with van der Waals surface area (Å²) in [6, 6.07) is 17.6. The van der Waals surface area contributed by atoms with Crippen molar-refractivity contribution in [2.45, 2.75) is 37.1 Å². The molecule has 4 nitrogen and oxygen atoms in total. The van der Waals surface area contributed by atoms with Gasteiger partial charge in [-0.15, -0.1) is 0 Å². The zero-order valence-corrected chi connectivity index (χ0v) is 14.3. The number of hydrogen-bond acceptors (Lipinski definition) is 4. The lowest BCUT2D eigenvalue weighted by molar-refractivity contribution is -0.0587. The Bertz CT molecular complexity index is 710. The van der Waals surface area contributed by atoms with Gasteiger partial charge in [0.05, 0.1) is 12.2 Å². The molecule has 2 aliphatic rings. The van der Waals surface area contributed by atoms with Crippen molar-refractivity contribution in [3.63, 3.8) is 0 Å². The monoisotopic (exact) mass is 339 g/mol. The number of rotatable bonds is 3. The molecule has 4 heteroatoms. The van der Waals surface area contributed by atoms with Crippen molar-refractivity contribution >= 4 is 0 Å². The number of benzene rings is 2. The van der Waals surface area contributed by atoms with E-state index < -0.39 is 12.2 Å². The molecule has 2 aromatic carbocycles. The quantitative estimate of drug-likeness (QED) is 0.902. The highest BCUT2D eigenvalue weighted by atomic mass is 16.5. The van der Waals surface area contributed by atoms with Gasteiger partial charge in [0.25, 0.3) is 0 Å². The fraction of sp³-hybridized carbons (Fsp3) is 0.429. The van der Waals surface area contributed by atoms with E-state index in [0.717, 1.165) is 42.8 Å². The summed E-state index contributed by atoms with van der Waals surface area (Å²) in [5.74, 6) is 0.819. The number of aliphatic hydroxyl groups is 2. The van der Waals surface area contributed by atoms with Crippen molar-refractivity contribution < 1.29 is 14.9 Å². The minimum atomic E-state index is -0.464. The molecular weight excluding hydrogens is 314 g/mol. The van der Waals surface area contributed by atoms with Gasteiger partial charge in [-0.25, -0.2) is 0 Å². The number of likely N-dealkylation sites (tertiary alicyclic amines) is 1. The zero-order valence-electron chi connectivity index (χ0n) is 14.3. The highest BCUT2D eigenvalue weighted by Crippen LogP contribution is 2.44. The standard InChI is InChI=1S/C21H25NO3/c23-18-14-21(25-20-9-5-4-8-17(18)20)10-12-22(13-11-21)15-19(24)16-6-2-1-3-7-16/h1-9,18-19,23-24H,10-15H2. The molecule has 1 fully saturated rings. The van der Waals surface area contributed by atoms with E-state index >= 15 is 0 Å². The van der Waals surface area contributed by atoms with Gasteiger partial charge >= 0.3 is 0 Å². The Hall–Kier alpha value is -1.88. The average Bonchev–Trinajstić information content (AvgIpc) is 2.64. The average molecular weight is 339 g/mol. The van der Waals surface area contributed by atoms with Gasteiger partial charge < -0.3 is 19.8 Å². The number of fused-ring (bicyclic) bond motifs is 1. The summed E-state index contributed by atoms with van der Waals surface area (Å²) in [6.07, 6.45) is 1.49. The molecule has 2 unspecified atom stereocenters. The predicted octanol–water partition coefficient (Wildman–Crippen LogP) is 3.07. The molecule has 1 saturated heterocycles. The first-order chi connectivity index (χ1) is 12.2. The van der Waals surface area contributed by atoms with E-state index in [4.69, 9.17) is 4.74 Å². The van der Waals surface area contributed by atoms with Crippen molar-refractivity contribution in [1.29, 1.82) is 0 Å². The first kappa shape index (κ1) is 16.6. The molecule has 132 valence electrons. The molecule has 2 N–H and O–H groups in total. The van der Waals surface area contributed by atoms with Crippen molar-refractivity contribution in [1.82, 2.24) is 4.90 Å². The molecule has 2 atom stereocenters. The van der Waals surface area contributed by atoms with Gasteiger partial charge in [-0.05, 0) is 24.5 Å². The van der Waals surface area contributed by atoms with Gasteiger partial charge in [-0.2, -0.15) is 0 Å². The summed E-state index contributed by atoms with van der Waals surface area (Å²) in [5.41, 5.74) is 1.58. The largest absolute Gasteiger partial charge is 0.487 e. The van der Waals surface area contributed by atoms with Gasteiger partial charge in [0, 0.05) is 31.6 Å². The molecule has 2 aliphatic heterocycles. The Balaban J connectivity index is 1.39. The molecule has 0 amide bonds. The smallest absolute Gasteiger partial charge is 0.125 e. The summed E-state index contributed by atoms with van der Waals surface area (Å²) < 4.78 is 6.32. The van der Waals surface area contributed by atoms with E-state index in [1.165, 1.54) is 0 Å². The third kappa shape index (κ3) is 3.43. The van der Waals surface area contributed by atoms with Crippen molar-refractivity contribution in [2.24, 2.45) is 0 Å². The number of hydrogen-bond donors (Lipinski definition) is 2. The first-order valence-electron chi connectivity index (χ1n) is 9.07. The topological polar surface area (TPSA) is 52.9 Å². The van der Waals surface area contributed by atoms with Crippen LogP contribution in [0.15, 0.2) is 54.6 Å². The maximum absolute atomic E-state index is 10.5. The minimum absolute atomic E-state index is 0.276. The van der Waals surface area contributed by atoms with E-state index in [0.29, 0.717) is 13.0 Å². The van der Waals surface area contributed by atoms with Crippen LogP contribution in [0.25, 0.3) is 0 Å². The Morgan fingerprint density at radius 3 is 2.48 bits per heavy atom. The first-order valence-corrected chi connectivity index (χ1v) is 9.07. The third-order valence-electron chi connectivity index (χ3n) is 5.55. The van der Waals surface area contributed by atoms with E-state index in [1.54, 1.807) is 0 Å². The summed E-state index contributed by atoms with van der Waals surface area (Å²) in [7, 11) is 0. The normalized spacial score (nSPS) is 23.7. The van der Waals surface area contributed by atoms with Crippen LogP contribution < -0.4 is 4.74 Å². The van der Waals surface area contributed by atoms with E-state index in [-0.39, 0.29) is 5.60 Å². The molecular formula is C21H25NO3. The third-order valence-corrected chi connectivity index (χ3v) is 5.55. The van der Waals surface area contributed by atoms with Crippen LogP contribution >= 0.6 is 0 Å². The van der Waals surface area contributed by atoms with Gasteiger partial charge in [-0.1, -0.05) is 48.5 Å². The number of ether oxygens (including phenoxy) is 1. The molecule has 0 aliphatic carbocycles. The van der Waals surface area contributed by atoms with Gasteiger partial charge in [0.15, 0.2) is 0 Å². The summed E-state index contributed by atoms with van der Waals surface area (Å²) in [6.45, 7) is 2.39. The number of para-hydroxylation sites is 1. The van der Waals surface area contributed by atoms with Crippen LogP contribution in [0.3, 0.4) is 0 Å². The number of aliphatic hydroxyl groups excluding tert-OH is 2. The maximum Gasteiger partial charge on any atom is 0.125 e. The molecule has 2 heterocycles. The molecule has 0 bridgehead atoms. The minimum Gasteiger partial charge on any atom is -0.487 e. The highest BCUT2D eigenvalue weighted by Gasteiger charge is 2.42. The predicted molar refractivity (Wildman–Crippen MR) is 96.5 cm³/mol. The van der Waals surface area contributed by atoms with Crippen LogP contribution in [0.2, 0.25) is 0 Å². The molecule has 4 rings (SSSR count). The van der Waals surface area contributed by atoms with Gasteiger partial charge in [0.2, 0.25) is 0 Å². The summed E-state index contributed by atoms with van der Waals surface area (Å²) in [5, 5.41) is 20.9. The molecule has 1 spiro atoms. The second-order valence-electron chi connectivity index (χ2n) is 7.27. The molecule has 2 aromatic rings. The summed E-state index contributed by atoms with van der Waals surface area (Å²) >= 11 is 0. The van der Waals surface area contributed by atoms with Gasteiger partial charge in [-0.3, -0.25) is 0 Å². The highest BCUT2D eigenvalue weighted by molar-refractivity contribution is 5.38. The van der Waals surface area contributed by atoms with Crippen LogP contribution in [-0.4, -0.2) is 40.3 Å². The second-order valence-corrected chi connectivity index (χ2v) is 7.27. The number of nitrogens with zero attached hydrogens (tertiary/aromatic N) is 1. The maximum atomic E-state index is 10.5. The van der Waals surface area contributed by atoms with E-state index in [9.17, 15) is 10.2 Å². The van der Waals surface area contributed by atoms with Crippen LogP contribution in [0, 0.1) is 0 Å². The van der Waals surface area contributed by atoms with E-state index in [2.05, 4.69) is 4.90 Å². The van der Waals surface area contributed by atoms with E-state index in [1.807, 2.05) is 54.6 Å². The molecule has 0 radical (unpaired) electrons. The fourth-order valence-electron chi connectivity index (χ4n) is 4.06. The molecule has 0 saturated carbocycles. The number of piperidine rings is 1. The van der Waals surface area contributed by atoms with Crippen LogP contribution in [0.1, 0.15) is 42.6 Å². The Labute approximate surface area is 148 Å². The lowest BCUT2D eigenvalue weighted by Gasteiger charge is -2.46. The Morgan fingerprint density at radius 2 is 1.72 bits per heavy atom. The lowest BCUT2D eigenvalue weighted by atomic mass is 9.81. The Morgan fingerprint density at radius 1 is 1.04 bits per heavy atom. The van der Waals surface area contributed by atoms with Crippen LogP contribution in [0.4, 0.5) is 0 Å². The number of β-amino-alcohol motifs (C(OH)–C–C–N with tert-alkyl or cyclic N) is 1. The Kier molecular flexibility index (Phi) is 4.50. The fourth-order valence-corrected chi connectivity index (χ4v) is 4.06. The second kappa shape index (κ2) is 6.79. The molecule has 0 aromatic heterocycles.